The van der Waals surface area contributed by atoms with Gasteiger partial charge in [0, 0.05) is 30.6 Å². The minimum atomic E-state index is -0.645. The third kappa shape index (κ3) is 3.45. The average Bonchev–Trinajstić information content (AvgIpc) is 3.22. The molecule has 0 radical (unpaired) electrons. The predicted octanol–water partition coefficient (Wildman–Crippen LogP) is 1.53. The highest BCUT2D eigenvalue weighted by Crippen LogP contribution is 2.20. The summed E-state index contributed by atoms with van der Waals surface area (Å²) in [5.74, 6) is 0.540. The van der Waals surface area contributed by atoms with Gasteiger partial charge in [-0.3, -0.25) is 14.8 Å². The molecule has 27 heavy (non-hydrogen) atoms. The minimum Gasteiger partial charge on any atom is -0.390 e. The number of para-hydroxylation sites is 1. The van der Waals surface area contributed by atoms with Gasteiger partial charge in [-0.05, 0) is 26.3 Å². The average molecular weight is 369 g/mol. The zero-order valence-electron chi connectivity index (χ0n) is 15.4. The van der Waals surface area contributed by atoms with Crippen molar-refractivity contribution in [2.45, 2.75) is 39.0 Å². The van der Waals surface area contributed by atoms with E-state index >= 15 is 0 Å². The SMILES string of the molecule is Cc1noc(C)c1CN1CC[C@@H](NC(=O)c2n[nH]c3ccccc23)[C@H](O)C1. The van der Waals surface area contributed by atoms with Crippen molar-refractivity contribution in [2.24, 2.45) is 0 Å². The van der Waals surface area contributed by atoms with Crippen LogP contribution in [0.4, 0.5) is 0 Å². The second-order valence-corrected chi connectivity index (χ2v) is 7.09. The summed E-state index contributed by atoms with van der Waals surface area (Å²) in [6.45, 7) is 5.75. The van der Waals surface area contributed by atoms with Crippen molar-refractivity contribution in [3.05, 3.63) is 47.0 Å². The summed E-state index contributed by atoms with van der Waals surface area (Å²) in [6.07, 6.45) is 0.0203. The Balaban J connectivity index is 1.39. The number of aromatic nitrogens is 3. The number of carbonyl (C=O) groups excluding carboxylic acids is 1. The highest BCUT2D eigenvalue weighted by Gasteiger charge is 2.30. The van der Waals surface area contributed by atoms with Gasteiger partial charge in [0.15, 0.2) is 5.69 Å². The second-order valence-electron chi connectivity index (χ2n) is 7.09. The summed E-state index contributed by atoms with van der Waals surface area (Å²) in [7, 11) is 0. The number of piperidine rings is 1. The molecule has 142 valence electrons. The van der Waals surface area contributed by atoms with Crippen LogP contribution in [0.15, 0.2) is 28.8 Å². The first-order valence-electron chi connectivity index (χ1n) is 9.09. The third-order valence-corrected chi connectivity index (χ3v) is 5.23. The summed E-state index contributed by atoms with van der Waals surface area (Å²) in [5, 5.41) is 25.2. The Bertz CT molecular complexity index is 944. The lowest BCUT2D eigenvalue weighted by Gasteiger charge is -2.36. The maximum Gasteiger partial charge on any atom is 0.272 e. The number of H-pyrrole nitrogens is 1. The number of hydrogen-bond acceptors (Lipinski definition) is 6. The van der Waals surface area contributed by atoms with E-state index in [0.29, 0.717) is 25.2 Å². The minimum absolute atomic E-state index is 0.268. The van der Waals surface area contributed by atoms with Crippen LogP contribution in [0.2, 0.25) is 0 Å². The van der Waals surface area contributed by atoms with Gasteiger partial charge in [-0.15, -0.1) is 0 Å². The summed E-state index contributed by atoms with van der Waals surface area (Å²) < 4.78 is 5.21. The summed E-state index contributed by atoms with van der Waals surface area (Å²) >= 11 is 0. The molecule has 3 N–H and O–H groups in total. The Hall–Kier alpha value is -2.71. The number of aliphatic hydroxyl groups excluding tert-OH is 1. The van der Waals surface area contributed by atoms with E-state index in [2.05, 4.69) is 25.6 Å². The molecule has 0 aliphatic carbocycles. The first kappa shape index (κ1) is 17.7. The quantitative estimate of drug-likeness (QED) is 0.644. The van der Waals surface area contributed by atoms with Crippen LogP contribution in [-0.4, -0.2) is 56.5 Å². The van der Waals surface area contributed by atoms with Crippen LogP contribution in [0, 0.1) is 13.8 Å². The van der Waals surface area contributed by atoms with Gasteiger partial charge in [0.25, 0.3) is 5.91 Å². The van der Waals surface area contributed by atoms with Crippen LogP contribution in [0.3, 0.4) is 0 Å². The zero-order chi connectivity index (χ0) is 19.0. The van der Waals surface area contributed by atoms with Crippen LogP contribution in [0.25, 0.3) is 10.9 Å². The Morgan fingerprint density at radius 1 is 1.41 bits per heavy atom. The first-order valence-corrected chi connectivity index (χ1v) is 9.09. The van der Waals surface area contributed by atoms with E-state index < -0.39 is 6.10 Å². The fraction of sp³-hybridized carbons (Fsp3) is 0.421. The Labute approximate surface area is 156 Å². The second kappa shape index (κ2) is 7.13. The smallest absolute Gasteiger partial charge is 0.272 e. The molecule has 0 saturated carbocycles. The number of nitrogens with zero attached hydrogens (tertiary/aromatic N) is 3. The molecule has 2 atom stereocenters. The summed E-state index contributed by atoms with van der Waals surface area (Å²) in [4.78, 5) is 14.8. The van der Waals surface area contributed by atoms with E-state index in [4.69, 9.17) is 4.52 Å². The number of benzene rings is 1. The van der Waals surface area contributed by atoms with Crippen LogP contribution in [-0.2, 0) is 6.54 Å². The van der Waals surface area contributed by atoms with Crippen LogP contribution < -0.4 is 5.32 Å². The molecule has 1 saturated heterocycles. The number of fused-ring (bicyclic) bond motifs is 1. The van der Waals surface area contributed by atoms with Crippen molar-refractivity contribution in [1.82, 2.24) is 25.6 Å². The molecule has 1 fully saturated rings. The van der Waals surface area contributed by atoms with Gasteiger partial charge in [0.05, 0.1) is 23.4 Å². The summed E-state index contributed by atoms with van der Waals surface area (Å²) in [6, 6.07) is 7.20. The van der Waals surface area contributed by atoms with E-state index in [-0.39, 0.29) is 11.9 Å². The van der Waals surface area contributed by atoms with Crippen molar-refractivity contribution in [2.75, 3.05) is 13.1 Å². The number of aromatic amines is 1. The maximum absolute atomic E-state index is 12.6. The Morgan fingerprint density at radius 2 is 2.22 bits per heavy atom. The van der Waals surface area contributed by atoms with Gasteiger partial charge in [0.1, 0.15) is 5.76 Å². The topological polar surface area (TPSA) is 107 Å². The molecule has 1 aliphatic rings. The molecule has 4 rings (SSSR count). The molecule has 3 aromatic rings. The van der Waals surface area contributed by atoms with Gasteiger partial charge in [0.2, 0.25) is 0 Å². The van der Waals surface area contributed by atoms with Gasteiger partial charge in [-0.25, -0.2) is 0 Å². The van der Waals surface area contributed by atoms with Crippen molar-refractivity contribution >= 4 is 16.8 Å². The fourth-order valence-electron chi connectivity index (χ4n) is 3.63. The molecule has 0 bridgehead atoms. The maximum atomic E-state index is 12.6. The molecular formula is C19H23N5O3. The molecule has 1 aliphatic heterocycles. The number of amides is 1. The van der Waals surface area contributed by atoms with Crippen molar-refractivity contribution in [3.63, 3.8) is 0 Å². The molecule has 3 heterocycles. The predicted molar refractivity (Wildman–Crippen MR) is 99.2 cm³/mol. The van der Waals surface area contributed by atoms with Crippen LogP contribution in [0.5, 0.6) is 0 Å². The Morgan fingerprint density at radius 3 is 2.96 bits per heavy atom. The molecule has 8 heteroatoms. The third-order valence-electron chi connectivity index (χ3n) is 5.23. The number of aryl methyl sites for hydroxylation is 2. The molecule has 8 nitrogen and oxygen atoms in total. The molecular weight excluding hydrogens is 346 g/mol. The van der Waals surface area contributed by atoms with Gasteiger partial charge < -0.3 is 14.9 Å². The fourth-order valence-corrected chi connectivity index (χ4v) is 3.63. The van der Waals surface area contributed by atoms with Crippen molar-refractivity contribution < 1.29 is 14.4 Å². The van der Waals surface area contributed by atoms with E-state index in [1.54, 1.807) is 0 Å². The van der Waals surface area contributed by atoms with E-state index in [1.165, 1.54) is 0 Å². The number of aliphatic hydroxyl groups is 1. The lowest BCUT2D eigenvalue weighted by atomic mass is 10.0. The number of nitrogens with one attached hydrogen (secondary N) is 2. The first-order chi connectivity index (χ1) is 13.0. The number of likely N-dealkylation sites (tertiary alicyclic amines) is 1. The molecule has 0 unspecified atom stereocenters. The lowest BCUT2D eigenvalue weighted by Crippen LogP contribution is -2.53. The van der Waals surface area contributed by atoms with Crippen molar-refractivity contribution in [3.8, 4) is 0 Å². The van der Waals surface area contributed by atoms with Gasteiger partial charge >= 0.3 is 0 Å². The monoisotopic (exact) mass is 369 g/mol. The number of β-amino-alcohol motifs (C(OH)–C–C–N with tert-alkyl or cyclic N) is 1. The number of hydrogen-bond donors (Lipinski definition) is 3. The van der Waals surface area contributed by atoms with E-state index in [0.717, 1.165) is 34.5 Å². The lowest BCUT2D eigenvalue weighted by molar-refractivity contribution is 0.0347. The van der Waals surface area contributed by atoms with E-state index in [9.17, 15) is 9.90 Å². The highest BCUT2D eigenvalue weighted by atomic mass is 16.5. The summed E-state index contributed by atoms with van der Waals surface area (Å²) in [5.41, 5.74) is 3.11. The number of carbonyl (C=O) groups is 1. The number of rotatable bonds is 4. The van der Waals surface area contributed by atoms with Gasteiger partial charge in [-0.2, -0.15) is 5.10 Å². The van der Waals surface area contributed by atoms with Crippen LogP contribution >= 0.6 is 0 Å². The van der Waals surface area contributed by atoms with Crippen molar-refractivity contribution in [1.29, 1.82) is 0 Å². The molecule has 0 spiro atoms. The zero-order valence-corrected chi connectivity index (χ0v) is 15.4. The van der Waals surface area contributed by atoms with Gasteiger partial charge in [-0.1, -0.05) is 23.4 Å². The standard InChI is InChI=1S/C19H23N5O3/c1-11-14(12(2)27-23-11)9-24-8-7-16(17(25)10-24)20-19(26)18-13-5-3-4-6-15(13)21-22-18/h3-6,16-17,25H,7-10H2,1-2H3,(H,20,26)(H,21,22)/t16-,17-/m1/s1. The van der Waals surface area contributed by atoms with E-state index in [1.807, 2.05) is 38.1 Å². The molecule has 2 aromatic heterocycles. The van der Waals surface area contributed by atoms with Crippen LogP contribution in [0.1, 0.15) is 33.9 Å². The Kier molecular flexibility index (Phi) is 4.67. The molecule has 1 amide bonds. The largest absolute Gasteiger partial charge is 0.390 e. The highest BCUT2D eigenvalue weighted by molar-refractivity contribution is 6.04. The normalized spacial score (nSPS) is 20.9. The molecule has 1 aromatic carbocycles.